The molecule has 0 unspecified atom stereocenters. The number of benzene rings is 1. The Kier molecular flexibility index (Phi) is 5.32. The Balaban J connectivity index is 2.63. The number of amides is 1. The van der Waals surface area contributed by atoms with Crippen LogP contribution >= 0.6 is 0 Å². The SMILES string of the molecule is CN(C(=O)CCCCN)c1ccc(C(=O)O)cc1. The number of anilines is 1. The molecule has 0 spiro atoms. The standard InChI is InChI=1S/C13H18N2O3/c1-15(12(16)4-2-3-9-14)11-7-5-10(6-8-11)13(17)18/h5-8H,2-4,9,14H2,1H3,(H,17,18). The molecule has 0 radical (unpaired) electrons. The van der Waals surface area contributed by atoms with Crippen molar-refractivity contribution in [2.75, 3.05) is 18.5 Å². The van der Waals surface area contributed by atoms with Crippen molar-refractivity contribution in [2.24, 2.45) is 5.73 Å². The molecule has 0 heterocycles. The summed E-state index contributed by atoms with van der Waals surface area (Å²) in [6.45, 7) is 0.588. The molecule has 18 heavy (non-hydrogen) atoms. The molecule has 1 aromatic carbocycles. The van der Waals surface area contributed by atoms with Gasteiger partial charge in [0, 0.05) is 19.2 Å². The Morgan fingerprint density at radius 1 is 1.22 bits per heavy atom. The van der Waals surface area contributed by atoms with E-state index in [0.717, 1.165) is 12.8 Å². The van der Waals surface area contributed by atoms with Gasteiger partial charge in [-0.1, -0.05) is 0 Å². The molecule has 5 nitrogen and oxygen atoms in total. The summed E-state index contributed by atoms with van der Waals surface area (Å²) in [5, 5.41) is 8.77. The van der Waals surface area contributed by atoms with E-state index in [4.69, 9.17) is 10.8 Å². The molecule has 98 valence electrons. The number of carbonyl (C=O) groups excluding carboxylic acids is 1. The first-order chi connectivity index (χ1) is 8.56. The lowest BCUT2D eigenvalue weighted by molar-refractivity contribution is -0.118. The molecule has 0 saturated heterocycles. The number of carboxylic acids is 1. The van der Waals surface area contributed by atoms with Gasteiger partial charge in [-0.25, -0.2) is 4.79 Å². The fourth-order valence-electron chi connectivity index (χ4n) is 1.56. The normalized spacial score (nSPS) is 10.1. The van der Waals surface area contributed by atoms with Gasteiger partial charge in [0.15, 0.2) is 0 Å². The van der Waals surface area contributed by atoms with Crippen LogP contribution in [0.1, 0.15) is 29.6 Å². The van der Waals surface area contributed by atoms with Crippen LogP contribution < -0.4 is 10.6 Å². The Hall–Kier alpha value is -1.88. The lowest BCUT2D eigenvalue weighted by Crippen LogP contribution is -2.26. The van der Waals surface area contributed by atoms with Gasteiger partial charge >= 0.3 is 5.97 Å². The van der Waals surface area contributed by atoms with E-state index < -0.39 is 5.97 Å². The minimum Gasteiger partial charge on any atom is -0.478 e. The molecular weight excluding hydrogens is 232 g/mol. The Labute approximate surface area is 106 Å². The second-order valence-corrected chi connectivity index (χ2v) is 4.05. The van der Waals surface area contributed by atoms with Crippen molar-refractivity contribution in [3.63, 3.8) is 0 Å². The van der Waals surface area contributed by atoms with Crippen molar-refractivity contribution in [3.8, 4) is 0 Å². The summed E-state index contributed by atoms with van der Waals surface area (Å²) in [6, 6.07) is 6.23. The maximum atomic E-state index is 11.8. The summed E-state index contributed by atoms with van der Waals surface area (Å²) < 4.78 is 0. The van der Waals surface area contributed by atoms with Crippen LogP contribution in [0.3, 0.4) is 0 Å². The van der Waals surface area contributed by atoms with E-state index in [9.17, 15) is 9.59 Å². The first-order valence-electron chi connectivity index (χ1n) is 5.86. The Morgan fingerprint density at radius 2 is 1.83 bits per heavy atom. The zero-order chi connectivity index (χ0) is 13.5. The van der Waals surface area contributed by atoms with Crippen LogP contribution in [0.15, 0.2) is 24.3 Å². The number of unbranched alkanes of at least 4 members (excludes halogenated alkanes) is 1. The van der Waals surface area contributed by atoms with E-state index in [-0.39, 0.29) is 11.5 Å². The van der Waals surface area contributed by atoms with Crippen LogP contribution in [0.4, 0.5) is 5.69 Å². The topological polar surface area (TPSA) is 83.6 Å². The summed E-state index contributed by atoms with van der Waals surface area (Å²) in [7, 11) is 1.68. The number of aromatic carboxylic acids is 1. The number of hydrogen-bond donors (Lipinski definition) is 2. The summed E-state index contributed by atoms with van der Waals surface area (Å²) in [5.74, 6) is -0.968. The zero-order valence-corrected chi connectivity index (χ0v) is 10.4. The van der Waals surface area contributed by atoms with Gasteiger partial charge in [-0.3, -0.25) is 4.79 Å². The van der Waals surface area contributed by atoms with Crippen LogP contribution in [-0.4, -0.2) is 30.6 Å². The smallest absolute Gasteiger partial charge is 0.335 e. The second-order valence-electron chi connectivity index (χ2n) is 4.05. The minimum absolute atomic E-state index is 0.00604. The third kappa shape index (κ3) is 3.85. The maximum absolute atomic E-state index is 11.8. The summed E-state index contributed by atoms with van der Waals surface area (Å²) in [4.78, 5) is 24.0. The lowest BCUT2D eigenvalue weighted by Gasteiger charge is -2.17. The first-order valence-corrected chi connectivity index (χ1v) is 5.86. The molecule has 0 fully saturated rings. The molecule has 0 bridgehead atoms. The quantitative estimate of drug-likeness (QED) is 0.749. The van der Waals surface area contributed by atoms with Crippen molar-refractivity contribution in [3.05, 3.63) is 29.8 Å². The van der Waals surface area contributed by atoms with E-state index in [1.807, 2.05) is 0 Å². The number of nitrogens with two attached hydrogens (primary N) is 1. The Morgan fingerprint density at radius 3 is 2.33 bits per heavy atom. The van der Waals surface area contributed by atoms with Crippen LogP contribution in [-0.2, 0) is 4.79 Å². The van der Waals surface area contributed by atoms with Gasteiger partial charge in [-0.05, 0) is 43.7 Å². The fraction of sp³-hybridized carbons (Fsp3) is 0.385. The van der Waals surface area contributed by atoms with E-state index >= 15 is 0 Å². The van der Waals surface area contributed by atoms with Crippen molar-refractivity contribution in [1.29, 1.82) is 0 Å². The third-order valence-corrected chi connectivity index (χ3v) is 2.72. The van der Waals surface area contributed by atoms with Gasteiger partial charge in [0.2, 0.25) is 5.91 Å². The summed E-state index contributed by atoms with van der Waals surface area (Å²) >= 11 is 0. The van der Waals surface area contributed by atoms with Gasteiger partial charge < -0.3 is 15.7 Å². The van der Waals surface area contributed by atoms with Gasteiger partial charge in [0.25, 0.3) is 0 Å². The molecule has 1 aromatic rings. The van der Waals surface area contributed by atoms with Gasteiger partial charge in [-0.15, -0.1) is 0 Å². The predicted molar refractivity (Wildman–Crippen MR) is 69.7 cm³/mol. The molecule has 3 N–H and O–H groups in total. The highest BCUT2D eigenvalue weighted by Gasteiger charge is 2.11. The molecule has 0 aliphatic heterocycles. The molecule has 0 aromatic heterocycles. The van der Waals surface area contributed by atoms with Crippen LogP contribution in [0.25, 0.3) is 0 Å². The average molecular weight is 250 g/mol. The second kappa shape index (κ2) is 6.76. The highest BCUT2D eigenvalue weighted by Crippen LogP contribution is 2.15. The number of hydrogen-bond acceptors (Lipinski definition) is 3. The highest BCUT2D eigenvalue weighted by molar-refractivity contribution is 5.94. The van der Waals surface area contributed by atoms with Gasteiger partial charge in [0.05, 0.1) is 5.56 Å². The van der Waals surface area contributed by atoms with Crippen molar-refractivity contribution in [2.45, 2.75) is 19.3 Å². The summed E-state index contributed by atoms with van der Waals surface area (Å²) in [6.07, 6.45) is 2.05. The van der Waals surface area contributed by atoms with Gasteiger partial charge in [0.1, 0.15) is 0 Å². The van der Waals surface area contributed by atoms with E-state index in [2.05, 4.69) is 0 Å². The van der Waals surface area contributed by atoms with E-state index in [1.54, 1.807) is 19.2 Å². The number of nitrogens with zero attached hydrogens (tertiary/aromatic N) is 1. The van der Waals surface area contributed by atoms with Crippen molar-refractivity contribution >= 4 is 17.6 Å². The van der Waals surface area contributed by atoms with E-state index in [0.29, 0.717) is 18.7 Å². The minimum atomic E-state index is -0.974. The summed E-state index contributed by atoms with van der Waals surface area (Å²) in [5.41, 5.74) is 6.27. The van der Waals surface area contributed by atoms with Crippen LogP contribution in [0.5, 0.6) is 0 Å². The lowest BCUT2D eigenvalue weighted by atomic mass is 10.2. The van der Waals surface area contributed by atoms with Crippen molar-refractivity contribution in [1.82, 2.24) is 0 Å². The molecule has 0 saturated carbocycles. The zero-order valence-electron chi connectivity index (χ0n) is 10.4. The first kappa shape index (κ1) is 14.2. The fourth-order valence-corrected chi connectivity index (χ4v) is 1.56. The predicted octanol–water partition coefficient (Wildman–Crippen LogP) is 1.48. The van der Waals surface area contributed by atoms with Crippen LogP contribution in [0, 0.1) is 0 Å². The van der Waals surface area contributed by atoms with E-state index in [1.165, 1.54) is 17.0 Å². The third-order valence-electron chi connectivity index (χ3n) is 2.72. The van der Waals surface area contributed by atoms with Gasteiger partial charge in [-0.2, -0.15) is 0 Å². The largest absolute Gasteiger partial charge is 0.478 e. The monoisotopic (exact) mass is 250 g/mol. The molecular formula is C13H18N2O3. The molecule has 1 rings (SSSR count). The maximum Gasteiger partial charge on any atom is 0.335 e. The molecule has 1 amide bonds. The molecule has 0 aliphatic rings. The molecule has 5 heteroatoms. The average Bonchev–Trinajstić information content (AvgIpc) is 2.38. The van der Waals surface area contributed by atoms with Crippen molar-refractivity contribution < 1.29 is 14.7 Å². The van der Waals surface area contributed by atoms with Crippen LogP contribution in [0.2, 0.25) is 0 Å². The number of carboxylic acid groups (broad SMARTS) is 1. The molecule has 0 aliphatic carbocycles. The highest BCUT2D eigenvalue weighted by atomic mass is 16.4. The number of rotatable bonds is 6. The number of carbonyl (C=O) groups is 2. The Bertz CT molecular complexity index is 415. The molecule has 0 atom stereocenters.